The number of aromatic nitrogens is 1. The zero-order valence-electron chi connectivity index (χ0n) is 16.2. The van der Waals surface area contributed by atoms with Gasteiger partial charge in [0.2, 0.25) is 11.8 Å². The monoisotopic (exact) mass is 373 g/mol. The number of amides is 2. The molecule has 6 heteroatoms. The van der Waals surface area contributed by atoms with Crippen LogP contribution in [-0.4, -0.2) is 42.1 Å². The fourth-order valence-electron chi connectivity index (χ4n) is 3.64. The standard InChI is InChI=1S/C21H31N3O3/c1-2-10-27-19-12-17(21(26)23-14-15-5-6-15)7-8-18(19)24-20(25)11-16-4-3-9-22-13-16/h3-4,9,13,15,17-19H,2,5-8,10-12,14H2,1H3,(H,23,26)(H,24,25)/t17-,18-,19-/m0/s1. The highest BCUT2D eigenvalue weighted by Gasteiger charge is 2.35. The maximum atomic E-state index is 12.5. The summed E-state index contributed by atoms with van der Waals surface area (Å²) in [5.74, 6) is 0.795. The lowest BCUT2D eigenvalue weighted by Gasteiger charge is -2.36. The predicted octanol–water partition coefficient (Wildman–Crippen LogP) is 2.23. The number of nitrogens with zero attached hydrogens (tertiary/aromatic N) is 1. The van der Waals surface area contributed by atoms with E-state index < -0.39 is 0 Å². The van der Waals surface area contributed by atoms with Gasteiger partial charge in [0.25, 0.3) is 0 Å². The molecule has 0 aromatic carbocycles. The van der Waals surface area contributed by atoms with E-state index >= 15 is 0 Å². The molecule has 1 aromatic heterocycles. The van der Waals surface area contributed by atoms with Crippen molar-refractivity contribution >= 4 is 11.8 Å². The van der Waals surface area contributed by atoms with Crippen LogP contribution in [0.4, 0.5) is 0 Å². The maximum absolute atomic E-state index is 12.5. The number of hydrogen-bond donors (Lipinski definition) is 2. The number of rotatable bonds is 9. The van der Waals surface area contributed by atoms with E-state index in [-0.39, 0.29) is 29.9 Å². The van der Waals surface area contributed by atoms with E-state index in [2.05, 4.69) is 22.5 Å². The van der Waals surface area contributed by atoms with E-state index in [4.69, 9.17) is 4.74 Å². The molecule has 0 saturated heterocycles. The lowest BCUT2D eigenvalue weighted by Crippen LogP contribution is -2.50. The molecule has 27 heavy (non-hydrogen) atoms. The van der Waals surface area contributed by atoms with Crippen molar-refractivity contribution < 1.29 is 14.3 Å². The number of carbonyl (C=O) groups is 2. The van der Waals surface area contributed by atoms with E-state index in [0.29, 0.717) is 25.4 Å². The molecule has 0 bridgehead atoms. The van der Waals surface area contributed by atoms with Gasteiger partial charge in [0.05, 0.1) is 18.6 Å². The average Bonchev–Trinajstić information content (AvgIpc) is 3.50. The van der Waals surface area contributed by atoms with Gasteiger partial charge in [-0.15, -0.1) is 0 Å². The molecule has 3 atom stereocenters. The summed E-state index contributed by atoms with van der Waals surface area (Å²) in [6, 6.07) is 3.70. The number of nitrogens with one attached hydrogen (secondary N) is 2. The van der Waals surface area contributed by atoms with Crippen molar-refractivity contribution in [3.63, 3.8) is 0 Å². The van der Waals surface area contributed by atoms with Gasteiger partial charge in [-0.1, -0.05) is 13.0 Å². The molecule has 2 aliphatic rings. The second kappa shape index (κ2) is 9.83. The molecule has 1 heterocycles. The number of hydrogen-bond acceptors (Lipinski definition) is 4. The summed E-state index contributed by atoms with van der Waals surface area (Å²) in [6.07, 6.45) is 9.26. The quantitative estimate of drug-likeness (QED) is 0.696. The molecular weight excluding hydrogens is 342 g/mol. The first kappa shape index (κ1) is 19.8. The van der Waals surface area contributed by atoms with Gasteiger partial charge < -0.3 is 15.4 Å². The van der Waals surface area contributed by atoms with E-state index in [1.807, 2.05) is 12.1 Å². The van der Waals surface area contributed by atoms with Crippen LogP contribution in [0.15, 0.2) is 24.5 Å². The molecule has 0 radical (unpaired) electrons. The first-order valence-corrected chi connectivity index (χ1v) is 10.2. The number of pyridine rings is 1. The first-order chi connectivity index (χ1) is 13.2. The van der Waals surface area contributed by atoms with E-state index in [9.17, 15) is 9.59 Å². The highest BCUT2D eigenvalue weighted by molar-refractivity contribution is 5.80. The minimum atomic E-state index is -0.103. The third-order valence-corrected chi connectivity index (χ3v) is 5.39. The van der Waals surface area contributed by atoms with Crippen LogP contribution in [0.25, 0.3) is 0 Å². The number of carbonyl (C=O) groups excluding carboxylic acids is 2. The van der Waals surface area contributed by atoms with Crippen LogP contribution in [0, 0.1) is 11.8 Å². The molecule has 3 rings (SSSR count). The van der Waals surface area contributed by atoms with Crippen molar-refractivity contribution in [1.29, 1.82) is 0 Å². The van der Waals surface area contributed by atoms with Crippen LogP contribution >= 0.6 is 0 Å². The van der Waals surface area contributed by atoms with Crippen LogP contribution in [0.2, 0.25) is 0 Å². The van der Waals surface area contributed by atoms with Gasteiger partial charge in [0.15, 0.2) is 0 Å². The Balaban J connectivity index is 1.52. The van der Waals surface area contributed by atoms with Crippen molar-refractivity contribution in [1.82, 2.24) is 15.6 Å². The highest BCUT2D eigenvalue weighted by Crippen LogP contribution is 2.30. The highest BCUT2D eigenvalue weighted by atomic mass is 16.5. The summed E-state index contributed by atoms with van der Waals surface area (Å²) >= 11 is 0. The summed E-state index contributed by atoms with van der Waals surface area (Å²) in [4.78, 5) is 28.9. The molecule has 2 N–H and O–H groups in total. The Bertz CT molecular complexity index is 618. The summed E-state index contributed by atoms with van der Waals surface area (Å²) < 4.78 is 6.01. The molecule has 2 saturated carbocycles. The molecule has 148 valence electrons. The molecule has 2 fully saturated rings. The Morgan fingerprint density at radius 2 is 2.11 bits per heavy atom. The van der Waals surface area contributed by atoms with E-state index in [0.717, 1.165) is 31.4 Å². The van der Waals surface area contributed by atoms with Crippen LogP contribution in [0.5, 0.6) is 0 Å². The minimum Gasteiger partial charge on any atom is -0.376 e. The van der Waals surface area contributed by atoms with Gasteiger partial charge in [0, 0.05) is 31.5 Å². The topological polar surface area (TPSA) is 80.3 Å². The van der Waals surface area contributed by atoms with Crippen molar-refractivity contribution in [3.05, 3.63) is 30.1 Å². The lowest BCUT2D eigenvalue weighted by atomic mass is 9.83. The molecule has 0 unspecified atom stereocenters. The normalized spacial score (nSPS) is 25.0. The first-order valence-electron chi connectivity index (χ1n) is 10.2. The summed E-state index contributed by atoms with van der Waals surface area (Å²) in [5, 5.41) is 6.21. The molecule has 0 spiro atoms. The Labute approximate surface area is 161 Å². The SMILES string of the molecule is CCCO[C@H]1C[C@@H](C(=O)NCC2CC2)CC[C@@H]1NC(=O)Cc1cccnc1. The van der Waals surface area contributed by atoms with Gasteiger partial charge in [0.1, 0.15) is 0 Å². The van der Waals surface area contributed by atoms with Gasteiger partial charge in [-0.2, -0.15) is 0 Å². The summed E-state index contributed by atoms with van der Waals surface area (Å²) in [7, 11) is 0. The largest absolute Gasteiger partial charge is 0.376 e. The fourth-order valence-corrected chi connectivity index (χ4v) is 3.64. The third kappa shape index (κ3) is 6.31. The molecular formula is C21H31N3O3. The Hall–Kier alpha value is -1.95. The predicted molar refractivity (Wildman–Crippen MR) is 103 cm³/mol. The smallest absolute Gasteiger partial charge is 0.224 e. The Kier molecular flexibility index (Phi) is 7.21. The van der Waals surface area contributed by atoms with E-state index in [1.54, 1.807) is 12.4 Å². The number of ether oxygens (including phenoxy) is 1. The van der Waals surface area contributed by atoms with Crippen molar-refractivity contribution in [2.45, 2.75) is 64.0 Å². The summed E-state index contributed by atoms with van der Waals surface area (Å²) in [6.45, 7) is 3.52. The second-order valence-electron chi connectivity index (χ2n) is 7.82. The molecule has 2 amide bonds. The Morgan fingerprint density at radius 3 is 2.81 bits per heavy atom. The van der Waals surface area contributed by atoms with Gasteiger partial charge in [-0.05, 0) is 56.1 Å². The van der Waals surface area contributed by atoms with Crippen molar-refractivity contribution in [2.75, 3.05) is 13.2 Å². The average molecular weight is 373 g/mol. The van der Waals surface area contributed by atoms with Crippen molar-refractivity contribution in [3.8, 4) is 0 Å². The minimum absolute atomic E-state index is 0.0166. The van der Waals surface area contributed by atoms with Crippen LogP contribution in [0.1, 0.15) is 51.0 Å². The third-order valence-electron chi connectivity index (χ3n) is 5.39. The van der Waals surface area contributed by atoms with Gasteiger partial charge in [-0.3, -0.25) is 14.6 Å². The maximum Gasteiger partial charge on any atom is 0.224 e. The zero-order chi connectivity index (χ0) is 19.1. The molecule has 6 nitrogen and oxygen atoms in total. The molecule has 2 aliphatic carbocycles. The second-order valence-corrected chi connectivity index (χ2v) is 7.82. The lowest BCUT2D eigenvalue weighted by molar-refractivity contribution is -0.129. The van der Waals surface area contributed by atoms with Crippen molar-refractivity contribution in [2.24, 2.45) is 11.8 Å². The van der Waals surface area contributed by atoms with Gasteiger partial charge in [-0.25, -0.2) is 0 Å². The molecule has 1 aromatic rings. The van der Waals surface area contributed by atoms with Crippen LogP contribution in [0.3, 0.4) is 0 Å². The Morgan fingerprint density at radius 1 is 1.26 bits per heavy atom. The zero-order valence-corrected chi connectivity index (χ0v) is 16.2. The van der Waals surface area contributed by atoms with Crippen LogP contribution in [-0.2, 0) is 20.7 Å². The van der Waals surface area contributed by atoms with Gasteiger partial charge >= 0.3 is 0 Å². The fraction of sp³-hybridized carbons (Fsp3) is 0.667. The molecule has 0 aliphatic heterocycles. The van der Waals surface area contributed by atoms with Crippen LogP contribution < -0.4 is 10.6 Å². The van der Waals surface area contributed by atoms with E-state index in [1.165, 1.54) is 12.8 Å². The summed E-state index contributed by atoms with van der Waals surface area (Å²) in [5.41, 5.74) is 0.897.